The molecule has 1 aromatic carbocycles. The van der Waals surface area contributed by atoms with Gasteiger partial charge in [0.2, 0.25) is 11.8 Å². The summed E-state index contributed by atoms with van der Waals surface area (Å²) in [4.78, 5) is 28.5. The summed E-state index contributed by atoms with van der Waals surface area (Å²) in [7, 11) is -3.02. The molecule has 0 spiro atoms. The lowest BCUT2D eigenvalue weighted by molar-refractivity contribution is -0.139. The molecule has 2 aliphatic heterocycles. The highest BCUT2D eigenvalue weighted by atomic mass is 32.2. The van der Waals surface area contributed by atoms with Crippen molar-refractivity contribution in [1.29, 1.82) is 0 Å². The highest BCUT2D eigenvalue weighted by Gasteiger charge is 2.36. The molecule has 2 unspecified atom stereocenters. The van der Waals surface area contributed by atoms with Crippen molar-refractivity contribution in [2.45, 2.75) is 31.7 Å². The fraction of sp³-hybridized carbons (Fsp3) is 0.600. The van der Waals surface area contributed by atoms with Crippen molar-refractivity contribution in [1.82, 2.24) is 9.80 Å². The molecule has 2 atom stereocenters. The van der Waals surface area contributed by atoms with E-state index in [1.54, 1.807) is 0 Å². The molecule has 2 fully saturated rings. The van der Waals surface area contributed by atoms with Crippen LogP contribution in [-0.2, 0) is 19.4 Å². The summed E-state index contributed by atoms with van der Waals surface area (Å²) >= 11 is 0. The minimum Gasteiger partial charge on any atom is -0.370 e. The molecule has 154 valence electrons. The van der Waals surface area contributed by atoms with E-state index >= 15 is 0 Å². The molecule has 0 aromatic heterocycles. The Hall–Kier alpha value is -1.93. The number of amides is 2. The zero-order valence-corrected chi connectivity index (χ0v) is 16.9. The molecule has 2 aliphatic rings. The Bertz CT molecular complexity index is 783. The van der Waals surface area contributed by atoms with Gasteiger partial charge in [-0.25, -0.2) is 8.42 Å². The Kier molecular flexibility index (Phi) is 6.72. The number of nitrogens with zero attached hydrogens (tertiary/aromatic N) is 2. The fourth-order valence-corrected chi connectivity index (χ4v) is 5.38. The molecule has 28 heavy (non-hydrogen) atoms. The molecular weight excluding hydrogens is 378 g/mol. The summed E-state index contributed by atoms with van der Waals surface area (Å²) in [6, 6.07) is 9.11. The average molecular weight is 408 g/mol. The van der Waals surface area contributed by atoms with Crippen LogP contribution < -0.4 is 5.73 Å². The Labute approximate surface area is 166 Å². The van der Waals surface area contributed by atoms with Gasteiger partial charge >= 0.3 is 0 Å². The summed E-state index contributed by atoms with van der Waals surface area (Å²) in [6.45, 7) is 2.06. The van der Waals surface area contributed by atoms with E-state index < -0.39 is 15.9 Å². The number of nitrogens with two attached hydrogens (primary N) is 1. The summed E-state index contributed by atoms with van der Waals surface area (Å²) in [5.74, 6) is 0.174. The third-order valence-corrected chi connectivity index (χ3v) is 7.33. The number of hydrogen-bond donors (Lipinski definition) is 1. The zero-order valence-electron chi connectivity index (χ0n) is 16.1. The van der Waals surface area contributed by atoms with E-state index in [2.05, 4.69) is 0 Å². The molecule has 1 aromatic rings. The van der Waals surface area contributed by atoms with E-state index in [1.807, 2.05) is 40.1 Å². The first-order valence-electron chi connectivity index (χ1n) is 9.92. The van der Waals surface area contributed by atoms with Crippen LogP contribution in [0.2, 0.25) is 0 Å². The van der Waals surface area contributed by atoms with Crippen molar-refractivity contribution in [3.05, 3.63) is 35.9 Å². The molecule has 7 nitrogen and oxygen atoms in total. The number of likely N-dealkylation sites (tertiary alicyclic amines) is 1. The van der Waals surface area contributed by atoms with Gasteiger partial charge in [0.05, 0.1) is 11.5 Å². The fourth-order valence-electron chi connectivity index (χ4n) is 4.15. The van der Waals surface area contributed by atoms with Crippen molar-refractivity contribution in [2.75, 3.05) is 37.7 Å². The minimum atomic E-state index is -3.02. The second-order valence-electron chi connectivity index (χ2n) is 7.80. The van der Waals surface area contributed by atoms with Crippen LogP contribution in [0.4, 0.5) is 0 Å². The van der Waals surface area contributed by atoms with Crippen LogP contribution in [0.5, 0.6) is 0 Å². The van der Waals surface area contributed by atoms with E-state index in [9.17, 15) is 18.0 Å². The molecule has 3 rings (SSSR count). The minimum absolute atomic E-state index is 0.0225. The van der Waals surface area contributed by atoms with Crippen LogP contribution in [0, 0.1) is 5.92 Å². The third kappa shape index (κ3) is 5.32. The number of sulfone groups is 1. The highest BCUT2D eigenvalue weighted by molar-refractivity contribution is 7.91. The monoisotopic (exact) mass is 407 g/mol. The number of benzene rings is 1. The smallest absolute Gasteiger partial charge is 0.244 e. The van der Waals surface area contributed by atoms with Gasteiger partial charge < -0.3 is 10.6 Å². The van der Waals surface area contributed by atoms with Crippen LogP contribution >= 0.6 is 0 Å². The molecule has 0 radical (unpaired) electrons. The van der Waals surface area contributed by atoms with E-state index in [1.165, 1.54) is 0 Å². The van der Waals surface area contributed by atoms with Crippen molar-refractivity contribution >= 4 is 21.7 Å². The molecule has 2 saturated heterocycles. The predicted molar refractivity (Wildman–Crippen MR) is 107 cm³/mol. The van der Waals surface area contributed by atoms with Crippen molar-refractivity contribution < 1.29 is 18.0 Å². The molecule has 0 bridgehead atoms. The maximum atomic E-state index is 13.5. The van der Waals surface area contributed by atoms with Gasteiger partial charge in [0.1, 0.15) is 6.04 Å². The SMILES string of the molecule is NC(=O)CCC1CCCN(C(=O)C(c2ccccc2)N2CCS(=O)(=O)CC2)C1. The Morgan fingerprint density at radius 1 is 1.11 bits per heavy atom. The maximum Gasteiger partial charge on any atom is 0.244 e. The molecule has 0 aliphatic carbocycles. The number of carbonyl (C=O) groups excluding carboxylic acids is 2. The van der Waals surface area contributed by atoms with Crippen molar-refractivity contribution in [3.8, 4) is 0 Å². The lowest BCUT2D eigenvalue weighted by atomic mass is 9.92. The van der Waals surface area contributed by atoms with Crippen LogP contribution in [0.15, 0.2) is 30.3 Å². The Morgan fingerprint density at radius 2 is 1.79 bits per heavy atom. The molecular formula is C20H29N3O4S. The number of primary amides is 1. The topological polar surface area (TPSA) is 101 Å². The number of rotatable bonds is 6. The van der Waals surface area contributed by atoms with Crippen LogP contribution in [0.25, 0.3) is 0 Å². The number of hydrogen-bond acceptors (Lipinski definition) is 5. The molecule has 2 amide bonds. The van der Waals surface area contributed by atoms with Gasteiger partial charge in [-0.1, -0.05) is 30.3 Å². The highest BCUT2D eigenvalue weighted by Crippen LogP contribution is 2.28. The van der Waals surface area contributed by atoms with Crippen LogP contribution in [-0.4, -0.2) is 67.7 Å². The summed E-state index contributed by atoms with van der Waals surface area (Å²) in [5.41, 5.74) is 6.17. The third-order valence-electron chi connectivity index (χ3n) is 5.72. The van der Waals surface area contributed by atoms with E-state index in [0.29, 0.717) is 39.0 Å². The van der Waals surface area contributed by atoms with Crippen LogP contribution in [0.3, 0.4) is 0 Å². The average Bonchev–Trinajstić information content (AvgIpc) is 2.69. The predicted octanol–water partition coefficient (Wildman–Crippen LogP) is 0.962. The maximum absolute atomic E-state index is 13.5. The first-order valence-corrected chi connectivity index (χ1v) is 11.7. The number of piperidine rings is 1. The van der Waals surface area contributed by atoms with E-state index in [4.69, 9.17) is 5.73 Å². The molecule has 2 N–H and O–H groups in total. The zero-order chi connectivity index (χ0) is 20.1. The second kappa shape index (κ2) is 9.05. The Morgan fingerprint density at radius 3 is 2.43 bits per heavy atom. The first kappa shape index (κ1) is 20.8. The van der Waals surface area contributed by atoms with Gasteiger partial charge in [0.15, 0.2) is 9.84 Å². The first-order chi connectivity index (χ1) is 13.4. The van der Waals surface area contributed by atoms with E-state index in [-0.39, 0.29) is 29.2 Å². The van der Waals surface area contributed by atoms with Gasteiger partial charge in [-0.3, -0.25) is 14.5 Å². The lowest BCUT2D eigenvalue weighted by Gasteiger charge is -2.39. The standard InChI is InChI=1S/C20H29N3O4S/c21-18(24)9-8-16-5-4-10-23(15-16)20(25)19(17-6-2-1-3-7-17)22-11-13-28(26,27)14-12-22/h1-3,6-7,16,19H,4-5,8-15H2,(H2,21,24). The summed E-state index contributed by atoms with van der Waals surface area (Å²) in [5, 5.41) is 0. The van der Waals surface area contributed by atoms with Gasteiger partial charge in [0, 0.05) is 32.6 Å². The van der Waals surface area contributed by atoms with Gasteiger partial charge in [0.25, 0.3) is 0 Å². The van der Waals surface area contributed by atoms with Gasteiger partial charge in [-0.15, -0.1) is 0 Å². The van der Waals surface area contributed by atoms with Gasteiger partial charge in [-0.05, 0) is 30.7 Å². The largest absolute Gasteiger partial charge is 0.370 e. The summed E-state index contributed by atoms with van der Waals surface area (Å²) in [6.07, 6.45) is 2.95. The van der Waals surface area contributed by atoms with E-state index in [0.717, 1.165) is 18.4 Å². The summed E-state index contributed by atoms with van der Waals surface area (Å²) < 4.78 is 23.7. The number of carbonyl (C=O) groups is 2. The lowest BCUT2D eigenvalue weighted by Crippen LogP contribution is -2.50. The molecule has 8 heteroatoms. The quantitative estimate of drug-likeness (QED) is 0.757. The van der Waals surface area contributed by atoms with Gasteiger partial charge in [-0.2, -0.15) is 0 Å². The van der Waals surface area contributed by atoms with Crippen LogP contribution in [0.1, 0.15) is 37.3 Å². The second-order valence-corrected chi connectivity index (χ2v) is 10.1. The molecule has 0 saturated carbocycles. The Balaban J connectivity index is 1.76. The van der Waals surface area contributed by atoms with Crippen molar-refractivity contribution in [3.63, 3.8) is 0 Å². The normalized spacial score (nSPS) is 23.9. The molecule has 2 heterocycles. The van der Waals surface area contributed by atoms with Crippen molar-refractivity contribution in [2.24, 2.45) is 11.7 Å².